The number of alkyl halides is 3. The van der Waals surface area contributed by atoms with Crippen LogP contribution in [0.2, 0.25) is 0 Å². The lowest BCUT2D eigenvalue weighted by Crippen LogP contribution is -2.12. The first-order chi connectivity index (χ1) is 10.3. The van der Waals surface area contributed by atoms with E-state index >= 15 is 0 Å². The number of aromatic nitrogens is 2. The van der Waals surface area contributed by atoms with Crippen LogP contribution in [0.5, 0.6) is 0 Å². The van der Waals surface area contributed by atoms with Crippen molar-refractivity contribution in [2.45, 2.75) is 23.5 Å². The van der Waals surface area contributed by atoms with Gasteiger partial charge in [0, 0.05) is 5.69 Å². The Kier molecular flexibility index (Phi) is 4.70. The average molecular weight is 328 g/mol. The second kappa shape index (κ2) is 6.35. The summed E-state index contributed by atoms with van der Waals surface area (Å²) < 4.78 is 38.3. The second-order valence-electron chi connectivity index (χ2n) is 4.42. The highest BCUT2D eigenvalue weighted by molar-refractivity contribution is 8.00. The zero-order chi connectivity index (χ0) is 16.3. The van der Waals surface area contributed by atoms with Gasteiger partial charge in [0.05, 0.1) is 0 Å². The third-order valence-electron chi connectivity index (χ3n) is 2.67. The van der Waals surface area contributed by atoms with Gasteiger partial charge < -0.3 is 5.11 Å². The topological polar surface area (TPSA) is 63.1 Å². The fourth-order valence-electron chi connectivity index (χ4n) is 1.73. The molecule has 22 heavy (non-hydrogen) atoms. The van der Waals surface area contributed by atoms with Crippen molar-refractivity contribution in [1.29, 1.82) is 0 Å². The third kappa shape index (κ3) is 3.97. The van der Waals surface area contributed by atoms with Crippen molar-refractivity contribution in [3.8, 4) is 0 Å². The highest BCUT2D eigenvalue weighted by Gasteiger charge is 2.34. The van der Waals surface area contributed by atoms with Gasteiger partial charge in [-0.2, -0.15) is 13.2 Å². The van der Waals surface area contributed by atoms with Crippen molar-refractivity contribution < 1.29 is 23.1 Å². The van der Waals surface area contributed by atoms with E-state index in [0.29, 0.717) is 17.3 Å². The summed E-state index contributed by atoms with van der Waals surface area (Å²) in [5.74, 6) is -1.17. The Balaban J connectivity index is 2.35. The van der Waals surface area contributed by atoms with Crippen LogP contribution in [0.3, 0.4) is 0 Å². The van der Waals surface area contributed by atoms with Crippen LogP contribution in [0.25, 0.3) is 0 Å². The summed E-state index contributed by atoms with van der Waals surface area (Å²) >= 11 is 0.673. The van der Waals surface area contributed by atoms with Crippen molar-refractivity contribution in [3.63, 3.8) is 0 Å². The van der Waals surface area contributed by atoms with Gasteiger partial charge in [-0.3, -0.25) is 4.79 Å². The van der Waals surface area contributed by atoms with Gasteiger partial charge in [-0.25, -0.2) is 9.97 Å². The number of carboxylic acid groups (broad SMARTS) is 1. The van der Waals surface area contributed by atoms with Crippen LogP contribution >= 0.6 is 11.8 Å². The zero-order valence-corrected chi connectivity index (χ0v) is 12.1. The Morgan fingerprint density at radius 1 is 1.23 bits per heavy atom. The van der Waals surface area contributed by atoms with Crippen LogP contribution in [-0.2, 0) is 11.0 Å². The molecule has 0 bridgehead atoms. The van der Waals surface area contributed by atoms with Crippen LogP contribution < -0.4 is 0 Å². The largest absolute Gasteiger partial charge is 0.480 e. The van der Waals surface area contributed by atoms with Gasteiger partial charge in [-0.15, -0.1) is 0 Å². The molecule has 0 aliphatic heterocycles. The van der Waals surface area contributed by atoms with Gasteiger partial charge in [0.2, 0.25) is 0 Å². The predicted octanol–water partition coefficient (Wildman–Crippen LogP) is 3.72. The van der Waals surface area contributed by atoms with Crippen LogP contribution in [0.4, 0.5) is 13.2 Å². The number of hydrogen-bond acceptors (Lipinski definition) is 4. The maximum Gasteiger partial charge on any atom is 0.433 e. The average Bonchev–Trinajstić information content (AvgIpc) is 2.44. The molecule has 0 amide bonds. The summed E-state index contributed by atoms with van der Waals surface area (Å²) in [6.07, 6.45) is -4.60. The van der Waals surface area contributed by atoms with Crippen molar-refractivity contribution >= 4 is 17.7 Å². The molecule has 8 heteroatoms. The molecule has 1 atom stereocenters. The summed E-state index contributed by atoms with van der Waals surface area (Å²) in [4.78, 5) is 18.7. The summed E-state index contributed by atoms with van der Waals surface area (Å²) in [7, 11) is 0. The fraction of sp³-hybridized carbons (Fsp3) is 0.214. The second-order valence-corrected chi connectivity index (χ2v) is 5.49. The SMILES string of the molecule is Cc1cc(C(F)(F)F)nc(S[C@@H](C(=O)O)c2ccccc2)n1. The summed E-state index contributed by atoms with van der Waals surface area (Å²) in [5.41, 5.74) is -0.500. The number of nitrogens with zero attached hydrogens (tertiary/aromatic N) is 2. The first kappa shape index (κ1) is 16.3. The Labute approximate surface area is 128 Å². The van der Waals surface area contributed by atoms with Crippen LogP contribution in [0.15, 0.2) is 41.6 Å². The smallest absolute Gasteiger partial charge is 0.433 e. The molecule has 1 N–H and O–H groups in total. The molecule has 1 aromatic carbocycles. The molecule has 0 aliphatic carbocycles. The number of thioether (sulfide) groups is 1. The van der Waals surface area contributed by atoms with E-state index in [2.05, 4.69) is 9.97 Å². The van der Waals surface area contributed by atoms with Crippen molar-refractivity contribution in [2.75, 3.05) is 0 Å². The minimum absolute atomic E-state index is 0.127. The van der Waals surface area contributed by atoms with Crippen LogP contribution in [0, 0.1) is 6.92 Å². The normalized spacial score (nSPS) is 12.9. The maximum atomic E-state index is 12.8. The molecule has 0 aliphatic rings. The Morgan fingerprint density at radius 2 is 1.86 bits per heavy atom. The molecule has 0 saturated heterocycles. The monoisotopic (exact) mass is 328 g/mol. The highest BCUT2D eigenvalue weighted by Crippen LogP contribution is 2.35. The van der Waals surface area contributed by atoms with Crippen LogP contribution in [-0.4, -0.2) is 21.0 Å². The zero-order valence-electron chi connectivity index (χ0n) is 11.3. The number of benzene rings is 1. The lowest BCUT2D eigenvalue weighted by molar-refractivity contribution is -0.141. The van der Waals surface area contributed by atoms with Crippen LogP contribution in [0.1, 0.15) is 22.2 Å². The van der Waals surface area contributed by atoms with E-state index in [0.717, 1.165) is 6.07 Å². The summed E-state index contributed by atoms with van der Waals surface area (Å²) in [6, 6.07) is 9.03. The Bertz CT molecular complexity index is 678. The van der Waals surface area contributed by atoms with Gasteiger partial charge >= 0.3 is 12.1 Å². The van der Waals surface area contributed by atoms with Gasteiger partial charge in [-0.05, 0) is 18.6 Å². The molecule has 4 nitrogen and oxygen atoms in total. The molecule has 0 saturated carbocycles. The Hall–Kier alpha value is -2.09. The van der Waals surface area contributed by atoms with Gasteiger partial charge in [0.25, 0.3) is 0 Å². The molecule has 1 heterocycles. The lowest BCUT2D eigenvalue weighted by Gasteiger charge is -2.13. The van der Waals surface area contributed by atoms with Gasteiger partial charge in [-0.1, -0.05) is 42.1 Å². The number of aryl methyl sites for hydroxylation is 1. The van der Waals surface area contributed by atoms with E-state index in [9.17, 15) is 23.1 Å². The summed E-state index contributed by atoms with van der Waals surface area (Å²) in [5, 5.41) is 7.99. The molecule has 0 fully saturated rings. The summed E-state index contributed by atoms with van der Waals surface area (Å²) in [6.45, 7) is 1.40. The van der Waals surface area contributed by atoms with E-state index < -0.39 is 23.1 Å². The molecule has 2 aromatic rings. The standard InChI is InChI=1S/C14H11F3N2O2S/c1-8-7-10(14(15,16)17)19-13(18-8)22-11(12(20)21)9-5-3-2-4-6-9/h2-7,11H,1H3,(H,20,21)/t11-/m1/s1. The molecule has 0 unspecified atom stereocenters. The predicted molar refractivity (Wildman–Crippen MR) is 74.4 cm³/mol. The molecule has 2 rings (SSSR count). The first-order valence-corrected chi connectivity index (χ1v) is 7.02. The highest BCUT2D eigenvalue weighted by atomic mass is 32.2. The number of rotatable bonds is 4. The number of hydrogen-bond donors (Lipinski definition) is 1. The van der Waals surface area contributed by atoms with Crippen molar-refractivity contribution in [3.05, 3.63) is 53.3 Å². The first-order valence-electron chi connectivity index (χ1n) is 6.14. The number of carbonyl (C=O) groups is 1. The van der Waals surface area contributed by atoms with E-state index in [4.69, 9.17) is 0 Å². The maximum absolute atomic E-state index is 12.8. The van der Waals surface area contributed by atoms with E-state index in [1.807, 2.05) is 0 Å². The lowest BCUT2D eigenvalue weighted by atomic mass is 10.1. The number of carboxylic acids is 1. The molecular weight excluding hydrogens is 317 g/mol. The minimum Gasteiger partial charge on any atom is -0.480 e. The van der Waals surface area contributed by atoms with Gasteiger partial charge in [0.1, 0.15) is 10.9 Å². The molecular formula is C14H11F3N2O2S. The Morgan fingerprint density at radius 3 is 2.41 bits per heavy atom. The fourth-order valence-corrected chi connectivity index (χ4v) is 2.69. The van der Waals surface area contributed by atoms with E-state index in [1.165, 1.54) is 6.92 Å². The van der Waals surface area contributed by atoms with Crippen molar-refractivity contribution in [1.82, 2.24) is 9.97 Å². The molecule has 1 aromatic heterocycles. The van der Waals surface area contributed by atoms with Gasteiger partial charge in [0.15, 0.2) is 5.16 Å². The molecule has 116 valence electrons. The quantitative estimate of drug-likeness (QED) is 0.684. The van der Waals surface area contributed by atoms with E-state index in [-0.39, 0.29) is 10.9 Å². The van der Waals surface area contributed by atoms with E-state index in [1.54, 1.807) is 30.3 Å². The molecule has 0 spiro atoms. The number of aliphatic carboxylic acids is 1. The minimum atomic E-state index is -4.60. The van der Waals surface area contributed by atoms with Crippen molar-refractivity contribution in [2.24, 2.45) is 0 Å². The molecule has 0 radical (unpaired) electrons. The third-order valence-corrected chi connectivity index (χ3v) is 3.78. The number of halogens is 3.